The number of carbonyl (C=O) groups excluding carboxylic acids is 2. The van der Waals surface area contributed by atoms with Gasteiger partial charge < -0.3 is 19.9 Å². The molecule has 0 radical (unpaired) electrons. The van der Waals surface area contributed by atoms with Gasteiger partial charge in [0.15, 0.2) is 11.6 Å². The van der Waals surface area contributed by atoms with E-state index in [0.717, 1.165) is 30.7 Å². The van der Waals surface area contributed by atoms with Crippen LogP contribution in [0.1, 0.15) is 17.0 Å². The van der Waals surface area contributed by atoms with Gasteiger partial charge >= 0.3 is 11.9 Å². The number of allylic oxidation sites excluding steroid dienone is 1. The molecule has 0 aliphatic carbocycles. The van der Waals surface area contributed by atoms with Crippen LogP contribution < -0.4 is 15.4 Å². The first-order chi connectivity index (χ1) is 18.3. The van der Waals surface area contributed by atoms with Crippen LogP contribution in [0, 0.1) is 17.1 Å². The molecule has 2 heterocycles. The summed E-state index contributed by atoms with van der Waals surface area (Å²) < 4.78 is 32.3. The van der Waals surface area contributed by atoms with E-state index in [4.69, 9.17) is 19.9 Å². The number of hydrogen-bond donors (Lipinski definition) is 1. The van der Waals surface area contributed by atoms with Crippen LogP contribution in [0.25, 0.3) is 0 Å². The van der Waals surface area contributed by atoms with Gasteiger partial charge in [-0.2, -0.15) is 10.4 Å². The fourth-order valence-electron chi connectivity index (χ4n) is 4.23. The number of halogens is 1. The molecule has 0 fully saturated rings. The largest absolute Gasteiger partial charge is 0.486 e. The number of methoxy groups -OCH3 is 2. The molecule has 1 atom stereocenters. The van der Waals surface area contributed by atoms with Crippen molar-refractivity contribution in [1.82, 2.24) is 9.78 Å². The van der Waals surface area contributed by atoms with Crippen molar-refractivity contribution in [2.24, 2.45) is 12.8 Å². The van der Waals surface area contributed by atoms with Crippen LogP contribution in [0.15, 0.2) is 83.6 Å². The van der Waals surface area contributed by atoms with Gasteiger partial charge in [-0.1, -0.05) is 30.3 Å². The lowest BCUT2D eigenvalue weighted by Gasteiger charge is -2.35. The fraction of sp³-hybridized carbons (Fsp3) is 0.185. The maximum Gasteiger partial charge on any atom is 0.355 e. The lowest BCUT2D eigenvalue weighted by atomic mass is 9.81. The highest BCUT2D eigenvalue weighted by molar-refractivity contribution is 6.06. The number of nitriles is 1. The minimum absolute atomic E-state index is 0.0263. The number of nitrogens with zero attached hydrogens (tertiary/aromatic N) is 4. The molecule has 4 rings (SSSR count). The summed E-state index contributed by atoms with van der Waals surface area (Å²) in [6.45, 7) is 0.0764. The average molecular weight is 518 g/mol. The molecular formula is C27H24FN5O5. The number of ether oxygens (including phenoxy) is 3. The first-order valence-electron chi connectivity index (χ1n) is 11.4. The van der Waals surface area contributed by atoms with Gasteiger partial charge in [0.1, 0.15) is 18.1 Å². The molecule has 10 nitrogen and oxygen atoms in total. The Labute approximate surface area is 217 Å². The van der Waals surface area contributed by atoms with E-state index in [-0.39, 0.29) is 40.7 Å². The summed E-state index contributed by atoms with van der Waals surface area (Å²) in [4.78, 5) is 27.3. The van der Waals surface area contributed by atoms with Crippen LogP contribution >= 0.6 is 0 Å². The Balaban J connectivity index is 1.85. The lowest BCUT2D eigenvalue weighted by molar-refractivity contribution is -0.139. The van der Waals surface area contributed by atoms with E-state index in [1.54, 1.807) is 54.5 Å². The zero-order chi connectivity index (χ0) is 27.4. The van der Waals surface area contributed by atoms with Crippen LogP contribution in [-0.2, 0) is 32.7 Å². The monoisotopic (exact) mass is 517 g/mol. The fourth-order valence-corrected chi connectivity index (χ4v) is 4.23. The smallest absolute Gasteiger partial charge is 0.355 e. The van der Waals surface area contributed by atoms with Gasteiger partial charge in [0.05, 0.1) is 49.2 Å². The molecule has 2 N–H and O–H groups in total. The standard InChI is InChI=1S/C27H24FN5O5/c1-32-14-16(13-31-32)15-38-21-10-9-18(11-20(21)28)33-24(27(35)37-3)23(26(34)36-2)22(19(12-29)25(33)30)17-7-5-4-6-8-17/h4-11,13-14,22H,15,30H2,1-3H3. The molecule has 3 aromatic rings. The van der Waals surface area contributed by atoms with Crippen LogP contribution in [0.4, 0.5) is 10.1 Å². The van der Waals surface area contributed by atoms with Gasteiger partial charge in [0, 0.05) is 24.9 Å². The molecule has 0 amide bonds. The Morgan fingerprint density at radius 2 is 1.84 bits per heavy atom. The minimum Gasteiger partial charge on any atom is -0.486 e. The van der Waals surface area contributed by atoms with E-state index < -0.39 is 23.7 Å². The number of rotatable bonds is 7. The Morgan fingerprint density at radius 3 is 2.42 bits per heavy atom. The summed E-state index contributed by atoms with van der Waals surface area (Å²) >= 11 is 0. The molecule has 0 bridgehead atoms. The van der Waals surface area contributed by atoms with Crippen molar-refractivity contribution in [3.8, 4) is 11.8 Å². The number of carbonyl (C=O) groups is 2. The van der Waals surface area contributed by atoms with E-state index in [1.807, 2.05) is 6.07 Å². The SMILES string of the molecule is COC(=O)C1=C(C(=O)OC)N(c2ccc(OCc3cnn(C)c3)c(F)c2)C(N)=C(C#N)C1c1ccccc1. The number of anilines is 1. The van der Waals surface area contributed by atoms with Gasteiger partial charge in [-0.3, -0.25) is 9.58 Å². The molecule has 1 aromatic heterocycles. The second kappa shape index (κ2) is 10.9. The quantitative estimate of drug-likeness (QED) is 0.470. The van der Waals surface area contributed by atoms with E-state index in [9.17, 15) is 14.9 Å². The van der Waals surface area contributed by atoms with Gasteiger partial charge in [-0.05, 0) is 17.7 Å². The summed E-state index contributed by atoms with van der Waals surface area (Å²) in [5.41, 5.74) is 7.27. The number of aryl methyl sites for hydroxylation is 1. The van der Waals surface area contributed by atoms with Crippen molar-refractivity contribution in [3.63, 3.8) is 0 Å². The molecule has 38 heavy (non-hydrogen) atoms. The van der Waals surface area contributed by atoms with E-state index in [2.05, 4.69) is 5.10 Å². The molecule has 0 spiro atoms. The maximum absolute atomic E-state index is 15.2. The summed E-state index contributed by atoms with van der Waals surface area (Å²) in [6.07, 6.45) is 3.33. The maximum atomic E-state index is 15.2. The number of benzene rings is 2. The highest BCUT2D eigenvalue weighted by Crippen LogP contribution is 2.43. The van der Waals surface area contributed by atoms with Crippen LogP contribution in [0.2, 0.25) is 0 Å². The van der Waals surface area contributed by atoms with E-state index >= 15 is 4.39 Å². The number of aromatic nitrogens is 2. The van der Waals surface area contributed by atoms with E-state index in [0.29, 0.717) is 5.56 Å². The zero-order valence-electron chi connectivity index (χ0n) is 20.8. The summed E-state index contributed by atoms with van der Waals surface area (Å²) in [6, 6.07) is 14.5. The molecule has 11 heteroatoms. The molecule has 0 saturated heterocycles. The van der Waals surface area contributed by atoms with Crippen LogP contribution in [0.3, 0.4) is 0 Å². The molecule has 194 valence electrons. The first-order valence-corrected chi connectivity index (χ1v) is 11.4. The van der Waals surface area contributed by atoms with Crippen LogP contribution in [0.5, 0.6) is 5.75 Å². The lowest BCUT2D eigenvalue weighted by Crippen LogP contribution is -2.40. The highest BCUT2D eigenvalue weighted by atomic mass is 19.1. The third-order valence-electron chi connectivity index (χ3n) is 5.94. The topological polar surface area (TPSA) is 133 Å². The second-order valence-electron chi connectivity index (χ2n) is 8.26. The van der Waals surface area contributed by atoms with Crippen molar-refractivity contribution < 1.29 is 28.2 Å². The zero-order valence-corrected chi connectivity index (χ0v) is 20.8. The Hall–Kier alpha value is -5.11. The highest BCUT2D eigenvalue weighted by Gasteiger charge is 2.43. The van der Waals surface area contributed by atoms with Gasteiger partial charge in [0.2, 0.25) is 0 Å². The molecule has 1 unspecified atom stereocenters. The average Bonchev–Trinajstić information content (AvgIpc) is 3.36. The summed E-state index contributed by atoms with van der Waals surface area (Å²) in [7, 11) is 4.04. The second-order valence-corrected chi connectivity index (χ2v) is 8.26. The van der Waals surface area contributed by atoms with Crippen LogP contribution in [-0.4, -0.2) is 35.9 Å². The van der Waals surface area contributed by atoms with Crippen molar-refractivity contribution in [2.75, 3.05) is 19.1 Å². The summed E-state index contributed by atoms with van der Waals surface area (Å²) in [5.74, 6) is -3.81. The molecule has 1 aliphatic heterocycles. The van der Waals surface area contributed by atoms with Crippen molar-refractivity contribution in [3.05, 3.63) is 101 Å². The van der Waals surface area contributed by atoms with Gasteiger partial charge in [-0.25, -0.2) is 14.0 Å². The Kier molecular flexibility index (Phi) is 7.43. The van der Waals surface area contributed by atoms with Crippen molar-refractivity contribution >= 4 is 17.6 Å². The van der Waals surface area contributed by atoms with E-state index in [1.165, 1.54) is 12.1 Å². The molecular weight excluding hydrogens is 493 g/mol. The normalized spacial score (nSPS) is 15.2. The number of hydrogen-bond acceptors (Lipinski definition) is 9. The number of esters is 2. The minimum atomic E-state index is -1.02. The van der Waals surface area contributed by atoms with Gasteiger partial charge in [-0.15, -0.1) is 0 Å². The summed E-state index contributed by atoms with van der Waals surface area (Å²) in [5, 5.41) is 14.1. The third kappa shape index (κ3) is 4.79. The van der Waals surface area contributed by atoms with Crippen molar-refractivity contribution in [1.29, 1.82) is 5.26 Å². The predicted molar refractivity (Wildman–Crippen MR) is 133 cm³/mol. The van der Waals surface area contributed by atoms with Crippen molar-refractivity contribution in [2.45, 2.75) is 12.5 Å². The predicted octanol–water partition coefficient (Wildman–Crippen LogP) is 3.04. The molecule has 2 aromatic carbocycles. The third-order valence-corrected chi connectivity index (χ3v) is 5.94. The Bertz CT molecular complexity index is 1490. The Morgan fingerprint density at radius 1 is 1.13 bits per heavy atom. The van der Waals surface area contributed by atoms with Gasteiger partial charge in [0.25, 0.3) is 0 Å². The number of nitrogens with two attached hydrogens (primary N) is 1. The molecule has 0 saturated carbocycles. The first kappa shape index (κ1) is 26.0. The molecule has 1 aliphatic rings.